The first-order valence-electron chi connectivity index (χ1n) is 7.20. The minimum atomic E-state index is 0.490. The number of rotatable bonds is 2. The van der Waals surface area contributed by atoms with Crippen molar-refractivity contribution in [2.45, 2.75) is 19.4 Å². The molecular formula is C16H23N3. The van der Waals surface area contributed by atoms with Gasteiger partial charge in [0.25, 0.3) is 0 Å². The molecule has 0 amide bonds. The summed E-state index contributed by atoms with van der Waals surface area (Å²) in [6.45, 7) is 5.49. The van der Waals surface area contributed by atoms with E-state index in [1.807, 2.05) is 0 Å². The number of hydrogen-bond acceptors (Lipinski definition) is 2. The Balaban J connectivity index is 2.14. The number of aryl methyl sites for hydroxylation is 2. The van der Waals surface area contributed by atoms with Crippen molar-refractivity contribution >= 4 is 10.9 Å². The molecule has 3 nitrogen and oxygen atoms in total. The van der Waals surface area contributed by atoms with Crippen LogP contribution in [0.4, 0.5) is 0 Å². The van der Waals surface area contributed by atoms with Crippen LogP contribution in [0.2, 0.25) is 0 Å². The zero-order chi connectivity index (χ0) is 13.4. The molecule has 2 aromatic rings. The van der Waals surface area contributed by atoms with E-state index in [2.05, 4.69) is 60.2 Å². The van der Waals surface area contributed by atoms with Gasteiger partial charge in [-0.2, -0.15) is 0 Å². The van der Waals surface area contributed by atoms with Crippen LogP contribution < -0.4 is 5.32 Å². The summed E-state index contributed by atoms with van der Waals surface area (Å²) in [7, 11) is 4.40. The molecule has 1 N–H and O–H groups in total. The van der Waals surface area contributed by atoms with Gasteiger partial charge in [-0.25, -0.2) is 0 Å². The zero-order valence-corrected chi connectivity index (χ0v) is 12.1. The molecule has 0 bridgehead atoms. The first kappa shape index (κ1) is 12.7. The van der Waals surface area contributed by atoms with E-state index in [4.69, 9.17) is 0 Å². The van der Waals surface area contributed by atoms with Crippen LogP contribution in [-0.4, -0.2) is 36.1 Å². The third-order valence-corrected chi connectivity index (χ3v) is 4.37. The van der Waals surface area contributed by atoms with Gasteiger partial charge >= 0.3 is 0 Å². The standard InChI is InChI=1S/C16H23N3/c1-4-12-6-5-7-13-14(11-19(3)16(12)13)15-10-17-8-9-18(15)2/h5-7,11,15,17H,4,8-10H2,1-3H3. The molecule has 102 valence electrons. The minimum Gasteiger partial charge on any atom is -0.350 e. The molecule has 1 unspecified atom stereocenters. The number of piperazine rings is 1. The number of hydrogen-bond donors (Lipinski definition) is 1. The highest BCUT2D eigenvalue weighted by Gasteiger charge is 2.24. The molecule has 0 saturated carbocycles. The Morgan fingerprint density at radius 2 is 2.16 bits per heavy atom. The van der Waals surface area contributed by atoms with Crippen LogP contribution in [0, 0.1) is 0 Å². The molecule has 3 rings (SSSR count). The lowest BCUT2D eigenvalue weighted by atomic mass is 10.0. The van der Waals surface area contributed by atoms with Gasteiger partial charge in [0.15, 0.2) is 0 Å². The average molecular weight is 257 g/mol. The number of fused-ring (bicyclic) bond motifs is 1. The monoisotopic (exact) mass is 257 g/mol. The van der Waals surface area contributed by atoms with Crippen LogP contribution in [0.1, 0.15) is 24.1 Å². The van der Waals surface area contributed by atoms with Gasteiger partial charge < -0.3 is 9.88 Å². The molecule has 0 spiro atoms. The van der Waals surface area contributed by atoms with Gasteiger partial charge in [0.05, 0.1) is 5.52 Å². The second kappa shape index (κ2) is 4.99. The predicted octanol–water partition coefficient (Wildman–Crippen LogP) is 2.32. The van der Waals surface area contributed by atoms with Gasteiger partial charge in [-0.05, 0) is 24.6 Å². The van der Waals surface area contributed by atoms with E-state index in [1.165, 1.54) is 22.0 Å². The van der Waals surface area contributed by atoms with E-state index in [1.54, 1.807) is 0 Å². The van der Waals surface area contributed by atoms with Gasteiger partial charge in [0, 0.05) is 44.3 Å². The fourth-order valence-electron chi connectivity index (χ4n) is 3.29. The van der Waals surface area contributed by atoms with E-state index in [-0.39, 0.29) is 0 Å². The van der Waals surface area contributed by atoms with Crippen molar-refractivity contribution in [2.24, 2.45) is 7.05 Å². The average Bonchev–Trinajstić information content (AvgIpc) is 2.77. The van der Waals surface area contributed by atoms with Crippen LogP contribution >= 0.6 is 0 Å². The molecular weight excluding hydrogens is 234 g/mol. The third-order valence-electron chi connectivity index (χ3n) is 4.37. The Morgan fingerprint density at radius 3 is 2.89 bits per heavy atom. The zero-order valence-electron chi connectivity index (χ0n) is 12.1. The van der Waals surface area contributed by atoms with Gasteiger partial charge in [-0.1, -0.05) is 25.1 Å². The maximum atomic E-state index is 3.52. The second-order valence-electron chi connectivity index (χ2n) is 5.56. The van der Waals surface area contributed by atoms with Crippen molar-refractivity contribution in [3.63, 3.8) is 0 Å². The number of aromatic nitrogens is 1. The number of nitrogens with zero attached hydrogens (tertiary/aromatic N) is 2. The largest absolute Gasteiger partial charge is 0.350 e. The van der Waals surface area contributed by atoms with Crippen molar-refractivity contribution in [2.75, 3.05) is 26.7 Å². The molecule has 1 aliphatic heterocycles. The molecule has 1 aromatic carbocycles. The van der Waals surface area contributed by atoms with Crippen molar-refractivity contribution in [3.05, 3.63) is 35.5 Å². The van der Waals surface area contributed by atoms with E-state index in [0.29, 0.717) is 6.04 Å². The van der Waals surface area contributed by atoms with Crippen LogP contribution in [0.3, 0.4) is 0 Å². The highest BCUT2D eigenvalue weighted by Crippen LogP contribution is 2.31. The summed E-state index contributed by atoms with van der Waals surface area (Å²) in [5.41, 5.74) is 4.30. The summed E-state index contributed by atoms with van der Waals surface area (Å²) in [4.78, 5) is 2.46. The van der Waals surface area contributed by atoms with Crippen molar-refractivity contribution in [1.82, 2.24) is 14.8 Å². The smallest absolute Gasteiger partial charge is 0.0513 e. The van der Waals surface area contributed by atoms with E-state index in [0.717, 1.165) is 26.1 Å². The Hall–Kier alpha value is -1.32. The lowest BCUT2D eigenvalue weighted by molar-refractivity contribution is 0.203. The number of para-hydroxylation sites is 1. The molecule has 1 aromatic heterocycles. The molecule has 1 saturated heterocycles. The van der Waals surface area contributed by atoms with Gasteiger partial charge in [-0.15, -0.1) is 0 Å². The molecule has 1 fully saturated rings. The van der Waals surface area contributed by atoms with Gasteiger partial charge in [0.2, 0.25) is 0 Å². The topological polar surface area (TPSA) is 20.2 Å². The lowest BCUT2D eigenvalue weighted by Gasteiger charge is -2.33. The molecule has 1 aliphatic rings. The summed E-state index contributed by atoms with van der Waals surface area (Å²) < 4.78 is 2.30. The highest BCUT2D eigenvalue weighted by molar-refractivity contribution is 5.87. The quantitative estimate of drug-likeness (QED) is 0.891. The summed E-state index contributed by atoms with van der Waals surface area (Å²) in [6.07, 6.45) is 3.41. The van der Waals surface area contributed by atoms with E-state index < -0.39 is 0 Å². The normalized spacial score (nSPS) is 21.1. The molecule has 0 aliphatic carbocycles. The van der Waals surface area contributed by atoms with Crippen LogP contribution in [-0.2, 0) is 13.5 Å². The first-order chi connectivity index (χ1) is 9.22. The van der Waals surface area contributed by atoms with Crippen molar-refractivity contribution < 1.29 is 0 Å². The lowest BCUT2D eigenvalue weighted by Crippen LogP contribution is -2.43. The maximum Gasteiger partial charge on any atom is 0.0513 e. The minimum absolute atomic E-state index is 0.490. The number of nitrogens with one attached hydrogen (secondary N) is 1. The Morgan fingerprint density at radius 1 is 1.32 bits per heavy atom. The van der Waals surface area contributed by atoms with E-state index in [9.17, 15) is 0 Å². The molecule has 3 heteroatoms. The fourth-order valence-corrected chi connectivity index (χ4v) is 3.29. The molecule has 2 heterocycles. The molecule has 1 atom stereocenters. The summed E-state index contributed by atoms with van der Waals surface area (Å²) in [5.74, 6) is 0. The fraction of sp³-hybridized carbons (Fsp3) is 0.500. The third kappa shape index (κ3) is 2.07. The van der Waals surface area contributed by atoms with Crippen LogP contribution in [0.5, 0.6) is 0 Å². The number of benzene rings is 1. The maximum absolute atomic E-state index is 3.52. The summed E-state index contributed by atoms with van der Waals surface area (Å²) in [6, 6.07) is 7.20. The van der Waals surface area contributed by atoms with Gasteiger partial charge in [0.1, 0.15) is 0 Å². The van der Waals surface area contributed by atoms with Gasteiger partial charge in [-0.3, -0.25) is 4.90 Å². The van der Waals surface area contributed by atoms with Crippen molar-refractivity contribution in [1.29, 1.82) is 0 Å². The van der Waals surface area contributed by atoms with Crippen LogP contribution in [0.15, 0.2) is 24.4 Å². The summed E-state index contributed by atoms with van der Waals surface area (Å²) in [5, 5.41) is 4.93. The first-order valence-corrected chi connectivity index (χ1v) is 7.20. The van der Waals surface area contributed by atoms with Crippen LogP contribution in [0.25, 0.3) is 10.9 Å². The van der Waals surface area contributed by atoms with Crippen molar-refractivity contribution in [3.8, 4) is 0 Å². The Labute approximate surface area is 115 Å². The summed E-state index contributed by atoms with van der Waals surface area (Å²) >= 11 is 0. The second-order valence-corrected chi connectivity index (χ2v) is 5.56. The Bertz CT molecular complexity index is 585. The number of likely N-dealkylation sites (N-methyl/N-ethyl adjacent to an activating group) is 1. The predicted molar refractivity (Wildman–Crippen MR) is 80.5 cm³/mol. The SMILES string of the molecule is CCc1cccc2c(C3CNCCN3C)cn(C)c12. The highest BCUT2D eigenvalue weighted by atomic mass is 15.2. The molecule has 19 heavy (non-hydrogen) atoms. The van der Waals surface area contributed by atoms with E-state index >= 15 is 0 Å². The Kier molecular flexibility index (Phi) is 3.33. The molecule has 0 radical (unpaired) electrons.